The fourth-order valence-electron chi connectivity index (χ4n) is 4.41. The lowest BCUT2D eigenvalue weighted by Crippen LogP contribution is -2.56. The van der Waals surface area contributed by atoms with Gasteiger partial charge in [0.15, 0.2) is 5.69 Å². The maximum absolute atomic E-state index is 13.5. The van der Waals surface area contributed by atoms with Crippen molar-refractivity contribution in [3.63, 3.8) is 0 Å². The van der Waals surface area contributed by atoms with Gasteiger partial charge in [-0.1, -0.05) is 29.8 Å². The number of carbonyl (C=O) groups excluding carboxylic acids is 2. The molecule has 1 aliphatic rings. The van der Waals surface area contributed by atoms with Gasteiger partial charge in [0.1, 0.15) is 17.2 Å². The number of halogens is 3. The summed E-state index contributed by atoms with van der Waals surface area (Å²) < 4.78 is 89.5. The average molecular weight is 699 g/mol. The third kappa shape index (κ3) is 8.25. The van der Waals surface area contributed by atoms with Gasteiger partial charge in [0.2, 0.25) is 0 Å². The number of nitrogens with zero attached hydrogens (tertiary/aromatic N) is 5. The van der Waals surface area contributed by atoms with Crippen molar-refractivity contribution in [3.05, 3.63) is 65.9 Å². The number of hydrogen-bond acceptors (Lipinski definition) is 11. The van der Waals surface area contributed by atoms with E-state index in [1.807, 2.05) is 11.6 Å². The molecule has 1 N–H and O–H groups in total. The van der Waals surface area contributed by atoms with Crippen molar-refractivity contribution in [2.75, 3.05) is 18.2 Å². The highest BCUT2D eigenvalue weighted by Crippen LogP contribution is 2.33. The van der Waals surface area contributed by atoms with Crippen LogP contribution in [0.5, 0.6) is 0 Å². The molecule has 1 aliphatic heterocycles. The second kappa shape index (κ2) is 12.9. The number of aryl methyl sites for hydroxylation is 1. The number of ether oxygens (including phenoxy) is 3. The number of benzene rings is 2. The molecule has 4 aromatic rings. The summed E-state index contributed by atoms with van der Waals surface area (Å²) in [6.45, 7) is 8.62. The van der Waals surface area contributed by atoms with Gasteiger partial charge in [-0.3, -0.25) is 5.01 Å². The average Bonchev–Trinajstić information content (AvgIpc) is 3.51. The molecular formula is C29H33F3N6O9S. The van der Waals surface area contributed by atoms with Gasteiger partial charge >= 0.3 is 18.4 Å². The molecule has 0 saturated carbocycles. The maximum atomic E-state index is 13.5. The highest BCUT2D eigenvalue weighted by molar-refractivity contribution is 7.90. The topological polar surface area (TPSA) is 161 Å². The molecular weight excluding hydrogens is 665 g/mol. The van der Waals surface area contributed by atoms with Gasteiger partial charge in [-0.25, -0.2) is 27.4 Å². The Balaban J connectivity index is 1.16. The minimum atomic E-state index is -4.71. The molecule has 19 heteroatoms. The number of rotatable bonds is 10. The predicted octanol–water partition coefficient (Wildman–Crippen LogP) is 4.61. The predicted molar refractivity (Wildman–Crippen MR) is 160 cm³/mol. The highest BCUT2D eigenvalue weighted by Gasteiger charge is 2.38. The number of amides is 1. The van der Waals surface area contributed by atoms with E-state index in [4.69, 9.17) is 23.7 Å². The van der Waals surface area contributed by atoms with Crippen LogP contribution in [0.2, 0.25) is 0 Å². The first-order chi connectivity index (χ1) is 22.4. The van der Waals surface area contributed by atoms with Crippen LogP contribution in [0.25, 0.3) is 16.9 Å². The van der Waals surface area contributed by atoms with Crippen molar-refractivity contribution in [2.24, 2.45) is 0 Å². The maximum Gasteiger partial charge on any atom is 0.511 e. The summed E-state index contributed by atoms with van der Waals surface area (Å²) in [5.74, 6) is 0. The summed E-state index contributed by atoms with van der Waals surface area (Å²) >= 11 is 0. The van der Waals surface area contributed by atoms with Crippen LogP contribution in [0.1, 0.15) is 45.4 Å². The van der Waals surface area contributed by atoms with Crippen molar-refractivity contribution in [1.82, 2.24) is 24.5 Å². The van der Waals surface area contributed by atoms with E-state index in [0.717, 1.165) is 33.5 Å². The fraction of sp³-hybridized carbons (Fsp3) is 0.414. The Morgan fingerprint density at radius 3 is 2.33 bits per heavy atom. The third-order valence-electron chi connectivity index (χ3n) is 6.84. The van der Waals surface area contributed by atoms with Crippen LogP contribution in [-0.4, -0.2) is 71.5 Å². The largest absolute Gasteiger partial charge is 0.511 e. The van der Waals surface area contributed by atoms with Crippen LogP contribution in [0.3, 0.4) is 0 Å². The molecule has 2 atom stereocenters. The molecule has 5 rings (SSSR count). The molecule has 0 aliphatic carbocycles. The van der Waals surface area contributed by atoms with Crippen LogP contribution in [0.15, 0.2) is 64.1 Å². The van der Waals surface area contributed by atoms with Gasteiger partial charge in [0.05, 0.1) is 27.3 Å². The van der Waals surface area contributed by atoms with Crippen LogP contribution in [0.4, 0.5) is 22.8 Å². The lowest BCUT2D eigenvalue weighted by Gasteiger charge is -2.36. The van der Waals surface area contributed by atoms with Crippen LogP contribution in [0, 0.1) is 6.92 Å². The number of hydrogen-bond donors (Lipinski definition) is 1. The second-order valence-corrected chi connectivity index (χ2v) is 13.5. The third-order valence-corrected chi connectivity index (χ3v) is 8.17. The molecule has 1 unspecified atom stereocenters. The molecule has 15 nitrogen and oxygen atoms in total. The minimum absolute atomic E-state index is 0.149. The first-order valence-electron chi connectivity index (χ1n) is 14.6. The number of alkyl halides is 3. The Morgan fingerprint density at radius 2 is 1.75 bits per heavy atom. The number of carbonyl (C=O) groups is 2. The van der Waals surface area contributed by atoms with Gasteiger partial charge in [-0.2, -0.15) is 22.9 Å². The van der Waals surface area contributed by atoms with Crippen LogP contribution < -0.4 is 14.6 Å². The fourth-order valence-corrected chi connectivity index (χ4v) is 5.30. The van der Waals surface area contributed by atoms with Crippen molar-refractivity contribution >= 4 is 22.3 Å². The molecule has 260 valence electrons. The van der Waals surface area contributed by atoms with Gasteiger partial charge < -0.3 is 19.0 Å². The summed E-state index contributed by atoms with van der Waals surface area (Å²) in [5.41, 5.74) is -0.167. The van der Waals surface area contributed by atoms with E-state index in [2.05, 4.69) is 5.10 Å². The Labute approximate surface area is 272 Å². The van der Waals surface area contributed by atoms with Gasteiger partial charge in [0.25, 0.3) is 16.3 Å². The lowest BCUT2D eigenvalue weighted by atomic mass is 10.1. The van der Waals surface area contributed by atoms with Crippen LogP contribution in [-0.2, 0) is 30.4 Å². The normalized spacial score (nSPS) is 15.8. The Bertz CT molecular complexity index is 1850. The standard InChI is InChI=1S/C29H33F3N6O9S/c1-18-6-8-20(9-7-18)24-16-25(29(30,31)32)33-36(24)21-10-12-23(13-11-21)48(41,42)34-26(39)43-17-22-14-15-35(22)37-38(47-37)46-19(2)44-27(40)45-28(3,4)5/h6-13,16,19,22H,14-15,17H2,1-5H3,(H,34,39)/t19?,22-,37?,38?/m0/s1. The number of sulfonamides is 1. The minimum Gasteiger partial charge on any atom is -0.447 e. The quantitative estimate of drug-likeness (QED) is 0.182. The zero-order valence-electron chi connectivity index (χ0n) is 26.4. The van der Waals surface area contributed by atoms with Crippen molar-refractivity contribution in [3.8, 4) is 16.9 Å². The van der Waals surface area contributed by atoms with Gasteiger partial charge in [0, 0.05) is 19.0 Å². The molecule has 1 amide bonds. The smallest absolute Gasteiger partial charge is 0.447 e. The van der Waals surface area contributed by atoms with E-state index >= 15 is 0 Å². The summed E-state index contributed by atoms with van der Waals surface area (Å²) in [6, 6.07) is 12.1. The molecule has 0 spiro atoms. The van der Waals surface area contributed by atoms with Crippen molar-refractivity contribution in [2.45, 2.75) is 70.0 Å². The Hall–Kier alpha value is -5.07. The zero-order chi connectivity index (χ0) is 35.0. The second-order valence-electron chi connectivity index (χ2n) is 11.8. The van der Waals surface area contributed by atoms with E-state index < -0.39 is 46.0 Å². The summed E-state index contributed by atoms with van der Waals surface area (Å²) in [4.78, 5) is 30.3. The molecule has 48 heavy (non-hydrogen) atoms. The van der Waals surface area contributed by atoms with E-state index in [1.54, 1.807) is 50.0 Å². The van der Waals surface area contributed by atoms with Gasteiger partial charge in [-0.05, 0) is 64.4 Å². The van der Waals surface area contributed by atoms with E-state index in [0.29, 0.717) is 18.5 Å². The molecule has 2 aromatic carbocycles. The first-order valence-corrected chi connectivity index (χ1v) is 16.0. The highest BCUT2D eigenvalue weighted by atomic mass is 32.2. The molecule has 3 heterocycles. The number of aromatic nitrogens is 4. The van der Waals surface area contributed by atoms with Crippen molar-refractivity contribution in [1.29, 1.82) is 0 Å². The summed E-state index contributed by atoms with van der Waals surface area (Å²) in [6.07, 6.45) is -7.36. The molecule has 1 fully saturated rings. The summed E-state index contributed by atoms with van der Waals surface area (Å²) in [7, 11) is -4.40. The molecule has 1 saturated heterocycles. The molecule has 0 bridgehead atoms. The monoisotopic (exact) mass is 698 g/mol. The first kappa shape index (κ1) is 34.3. The van der Waals surface area contributed by atoms with E-state index in [-0.39, 0.29) is 28.9 Å². The van der Waals surface area contributed by atoms with Crippen LogP contribution >= 0.6 is 0 Å². The Kier molecular flexibility index (Phi) is 9.18. The summed E-state index contributed by atoms with van der Waals surface area (Å²) in [5, 5.41) is 6.26. The van der Waals surface area contributed by atoms with Gasteiger partial charge in [-0.15, -0.1) is 0 Å². The molecule has 0 radical (unpaired) electrons. The van der Waals surface area contributed by atoms with E-state index in [1.165, 1.54) is 24.0 Å². The zero-order valence-corrected chi connectivity index (χ0v) is 27.2. The molecule has 2 aromatic heterocycles. The SMILES string of the molecule is Cc1ccc(-c2cc(C(F)(F)F)nn2-c2ccc(S(=O)(=O)NC(=O)OC[C@@H]3CCN3n3on3OC(C)OC(=O)OC(C)(C)C)cc2)cc1. The number of nitrogens with one attached hydrogen (secondary N) is 1. The van der Waals surface area contributed by atoms with E-state index in [9.17, 15) is 31.2 Å². The van der Waals surface area contributed by atoms with Crippen molar-refractivity contribution < 1.29 is 54.9 Å². The lowest BCUT2D eigenvalue weighted by molar-refractivity contribution is -0.143. The Morgan fingerprint density at radius 1 is 1.08 bits per heavy atom.